The molecule has 2 saturated heterocycles. The molecule has 2 rings (SSSR count). The van der Waals surface area contributed by atoms with Crippen LogP contribution in [0.4, 0.5) is 0 Å². The van der Waals surface area contributed by atoms with Crippen molar-refractivity contribution in [3.63, 3.8) is 0 Å². The first-order chi connectivity index (χ1) is 9.26. The normalized spacial score (nSPS) is 29.5. The van der Waals surface area contributed by atoms with Gasteiger partial charge in [0.05, 0.1) is 0 Å². The molecule has 2 fully saturated rings. The number of hydrogen-bond acceptors (Lipinski definition) is 3. The van der Waals surface area contributed by atoms with Crippen molar-refractivity contribution >= 4 is 0 Å². The summed E-state index contributed by atoms with van der Waals surface area (Å²) in [7, 11) is 0. The van der Waals surface area contributed by atoms with E-state index in [9.17, 15) is 0 Å². The molecule has 3 unspecified atom stereocenters. The second kappa shape index (κ2) is 7.61. The molecule has 112 valence electrons. The highest BCUT2D eigenvalue weighted by Gasteiger charge is 2.33. The zero-order valence-electron chi connectivity index (χ0n) is 13.0. The van der Waals surface area contributed by atoms with E-state index in [-0.39, 0.29) is 0 Å². The Balaban J connectivity index is 1.85. The highest BCUT2D eigenvalue weighted by atomic mass is 15.3. The smallest absolute Gasteiger partial charge is 0.0245 e. The first-order valence-electron chi connectivity index (χ1n) is 8.50. The van der Waals surface area contributed by atoms with Gasteiger partial charge in [-0.05, 0) is 45.2 Å². The van der Waals surface area contributed by atoms with E-state index >= 15 is 0 Å². The summed E-state index contributed by atoms with van der Waals surface area (Å²) in [5.41, 5.74) is 6.39. The molecule has 3 heteroatoms. The average molecular weight is 267 g/mol. The molecule has 0 spiro atoms. The average Bonchev–Trinajstić information content (AvgIpc) is 2.90. The Labute approximate surface area is 119 Å². The second-order valence-electron chi connectivity index (χ2n) is 6.46. The van der Waals surface area contributed by atoms with Gasteiger partial charge in [0.25, 0.3) is 0 Å². The summed E-state index contributed by atoms with van der Waals surface area (Å²) < 4.78 is 0. The Morgan fingerprint density at radius 2 is 1.84 bits per heavy atom. The molecule has 2 aliphatic rings. The van der Waals surface area contributed by atoms with Gasteiger partial charge in [0.1, 0.15) is 0 Å². The van der Waals surface area contributed by atoms with Crippen LogP contribution >= 0.6 is 0 Å². The monoisotopic (exact) mass is 267 g/mol. The fourth-order valence-electron chi connectivity index (χ4n) is 4.01. The lowest BCUT2D eigenvalue weighted by Gasteiger charge is -2.35. The van der Waals surface area contributed by atoms with Crippen molar-refractivity contribution in [2.24, 2.45) is 5.73 Å². The van der Waals surface area contributed by atoms with E-state index in [1.54, 1.807) is 0 Å². The SMILES string of the molecule is CCCC(N)C(CC)N1CCC(N2CCCCC2)C1. The Morgan fingerprint density at radius 1 is 1.11 bits per heavy atom. The molecular formula is C16H33N3. The van der Waals surface area contributed by atoms with E-state index in [0.29, 0.717) is 12.1 Å². The standard InChI is InChI=1S/C16H33N3/c1-3-8-15(17)16(4-2)19-12-9-14(13-19)18-10-6-5-7-11-18/h14-16H,3-13,17H2,1-2H3. The molecule has 0 saturated carbocycles. The molecule has 3 nitrogen and oxygen atoms in total. The van der Waals surface area contributed by atoms with E-state index in [0.717, 1.165) is 6.04 Å². The predicted octanol–water partition coefficient (Wildman–Crippen LogP) is 2.45. The van der Waals surface area contributed by atoms with Gasteiger partial charge in [0.15, 0.2) is 0 Å². The minimum Gasteiger partial charge on any atom is -0.326 e. The van der Waals surface area contributed by atoms with E-state index in [1.807, 2.05) is 0 Å². The summed E-state index contributed by atoms with van der Waals surface area (Å²) in [4.78, 5) is 5.42. The third-order valence-electron chi connectivity index (χ3n) is 5.11. The van der Waals surface area contributed by atoms with Crippen molar-refractivity contribution in [1.82, 2.24) is 9.80 Å². The van der Waals surface area contributed by atoms with Crippen LogP contribution in [-0.2, 0) is 0 Å². The zero-order chi connectivity index (χ0) is 13.7. The van der Waals surface area contributed by atoms with Gasteiger partial charge in [0, 0.05) is 31.2 Å². The largest absolute Gasteiger partial charge is 0.326 e. The minimum atomic E-state index is 0.370. The first kappa shape index (κ1) is 15.3. The Hall–Kier alpha value is -0.120. The van der Waals surface area contributed by atoms with Crippen LogP contribution in [0.25, 0.3) is 0 Å². The van der Waals surface area contributed by atoms with Gasteiger partial charge in [0.2, 0.25) is 0 Å². The van der Waals surface area contributed by atoms with Gasteiger partial charge in [-0.25, -0.2) is 0 Å². The van der Waals surface area contributed by atoms with Crippen LogP contribution in [0.1, 0.15) is 58.8 Å². The van der Waals surface area contributed by atoms with Crippen molar-refractivity contribution in [2.45, 2.75) is 76.9 Å². The topological polar surface area (TPSA) is 32.5 Å². The quantitative estimate of drug-likeness (QED) is 0.802. The summed E-state index contributed by atoms with van der Waals surface area (Å²) in [6.45, 7) is 9.72. The fraction of sp³-hybridized carbons (Fsp3) is 1.00. The lowest BCUT2D eigenvalue weighted by molar-refractivity contribution is 0.142. The third kappa shape index (κ3) is 3.93. The van der Waals surface area contributed by atoms with Gasteiger partial charge in [-0.3, -0.25) is 9.80 Å². The van der Waals surface area contributed by atoms with Crippen molar-refractivity contribution in [3.05, 3.63) is 0 Å². The number of hydrogen-bond donors (Lipinski definition) is 1. The maximum absolute atomic E-state index is 6.39. The number of piperidine rings is 1. The second-order valence-corrected chi connectivity index (χ2v) is 6.46. The summed E-state index contributed by atoms with van der Waals surface area (Å²) in [5, 5.41) is 0. The fourth-order valence-corrected chi connectivity index (χ4v) is 4.01. The Morgan fingerprint density at radius 3 is 2.47 bits per heavy atom. The summed E-state index contributed by atoms with van der Waals surface area (Å²) >= 11 is 0. The van der Waals surface area contributed by atoms with Crippen LogP contribution in [0.5, 0.6) is 0 Å². The highest BCUT2D eigenvalue weighted by molar-refractivity contribution is 4.91. The molecular weight excluding hydrogens is 234 g/mol. The molecule has 3 atom stereocenters. The van der Waals surface area contributed by atoms with E-state index in [4.69, 9.17) is 5.73 Å². The molecule has 0 aromatic carbocycles. The number of nitrogens with zero attached hydrogens (tertiary/aromatic N) is 2. The van der Waals surface area contributed by atoms with Crippen molar-refractivity contribution in [3.8, 4) is 0 Å². The van der Waals surface area contributed by atoms with Crippen LogP contribution in [0.2, 0.25) is 0 Å². The molecule has 0 aromatic rings. The van der Waals surface area contributed by atoms with Crippen LogP contribution in [0, 0.1) is 0 Å². The molecule has 2 aliphatic heterocycles. The lowest BCUT2D eigenvalue weighted by atomic mass is 10.0. The van der Waals surface area contributed by atoms with E-state index in [1.165, 1.54) is 71.1 Å². The predicted molar refractivity (Wildman–Crippen MR) is 82.4 cm³/mol. The molecule has 0 radical (unpaired) electrons. The molecule has 2 N–H and O–H groups in total. The molecule has 0 aliphatic carbocycles. The van der Waals surface area contributed by atoms with Gasteiger partial charge in [-0.2, -0.15) is 0 Å². The van der Waals surface area contributed by atoms with Crippen LogP contribution in [-0.4, -0.2) is 54.1 Å². The Bertz CT molecular complexity index is 250. The molecule has 0 bridgehead atoms. The van der Waals surface area contributed by atoms with Gasteiger partial charge in [-0.15, -0.1) is 0 Å². The van der Waals surface area contributed by atoms with Crippen molar-refractivity contribution < 1.29 is 0 Å². The van der Waals surface area contributed by atoms with Crippen LogP contribution < -0.4 is 5.73 Å². The van der Waals surface area contributed by atoms with Gasteiger partial charge >= 0.3 is 0 Å². The minimum absolute atomic E-state index is 0.370. The molecule has 0 amide bonds. The van der Waals surface area contributed by atoms with E-state index < -0.39 is 0 Å². The Kier molecular flexibility index (Phi) is 6.11. The summed E-state index contributed by atoms with van der Waals surface area (Å²) in [6, 6.07) is 1.79. The number of nitrogens with two attached hydrogens (primary N) is 1. The summed E-state index contributed by atoms with van der Waals surface area (Å²) in [5.74, 6) is 0. The third-order valence-corrected chi connectivity index (χ3v) is 5.11. The summed E-state index contributed by atoms with van der Waals surface area (Å²) in [6.07, 6.45) is 9.19. The molecule has 19 heavy (non-hydrogen) atoms. The highest BCUT2D eigenvalue weighted by Crippen LogP contribution is 2.24. The maximum Gasteiger partial charge on any atom is 0.0245 e. The lowest BCUT2D eigenvalue weighted by Crippen LogP contribution is -2.48. The maximum atomic E-state index is 6.39. The van der Waals surface area contributed by atoms with Crippen molar-refractivity contribution in [1.29, 1.82) is 0 Å². The first-order valence-corrected chi connectivity index (χ1v) is 8.50. The van der Waals surface area contributed by atoms with E-state index in [2.05, 4.69) is 23.6 Å². The van der Waals surface area contributed by atoms with Crippen LogP contribution in [0.15, 0.2) is 0 Å². The molecule has 0 aromatic heterocycles. The molecule has 2 heterocycles. The van der Waals surface area contributed by atoms with Gasteiger partial charge < -0.3 is 5.73 Å². The van der Waals surface area contributed by atoms with Gasteiger partial charge in [-0.1, -0.05) is 26.7 Å². The van der Waals surface area contributed by atoms with Crippen LogP contribution in [0.3, 0.4) is 0 Å². The zero-order valence-corrected chi connectivity index (χ0v) is 13.0. The number of rotatable bonds is 6. The number of likely N-dealkylation sites (tertiary alicyclic amines) is 2. The van der Waals surface area contributed by atoms with Crippen molar-refractivity contribution in [2.75, 3.05) is 26.2 Å².